The highest BCUT2D eigenvalue weighted by Gasteiger charge is 2.40. The van der Waals surface area contributed by atoms with E-state index in [0.29, 0.717) is 25.0 Å². The molecule has 3 heteroatoms. The number of benzene rings is 2. The van der Waals surface area contributed by atoms with Crippen LogP contribution < -0.4 is 0 Å². The van der Waals surface area contributed by atoms with E-state index in [0.717, 1.165) is 12.8 Å². The minimum Gasteiger partial charge on any atom is -0.464 e. The van der Waals surface area contributed by atoms with Crippen molar-refractivity contribution in [3.63, 3.8) is 0 Å². The monoisotopic (exact) mass is 443 g/mol. The number of nitrogens with zero attached hydrogens (tertiary/aromatic N) is 1. The zero-order chi connectivity index (χ0) is 23.5. The number of ether oxygens (including phenoxy) is 1. The van der Waals surface area contributed by atoms with Crippen LogP contribution in [0.4, 0.5) is 0 Å². The van der Waals surface area contributed by atoms with E-state index < -0.39 is 0 Å². The first-order valence-electron chi connectivity index (χ1n) is 12.4. The van der Waals surface area contributed by atoms with Gasteiger partial charge in [0.15, 0.2) is 0 Å². The Labute approximate surface area is 197 Å². The number of fused-ring (bicyclic) bond motifs is 5. The highest BCUT2D eigenvalue weighted by molar-refractivity contribution is 6.08. The van der Waals surface area contributed by atoms with Crippen LogP contribution in [-0.2, 0) is 26.9 Å². The maximum atomic E-state index is 12.7. The van der Waals surface area contributed by atoms with Crippen molar-refractivity contribution in [2.45, 2.75) is 71.8 Å². The van der Waals surface area contributed by atoms with Crippen LogP contribution in [-0.4, -0.2) is 17.1 Å². The summed E-state index contributed by atoms with van der Waals surface area (Å²) in [5, 5.41) is 2.57. The molecule has 3 aromatic rings. The summed E-state index contributed by atoms with van der Waals surface area (Å²) in [4.78, 5) is 12.7. The number of carbonyl (C=O) groups excluding carboxylic acids is 1. The smallest absolute Gasteiger partial charge is 0.309 e. The second kappa shape index (κ2) is 7.75. The first kappa shape index (κ1) is 22.3. The van der Waals surface area contributed by atoms with Crippen molar-refractivity contribution in [3.8, 4) is 0 Å². The van der Waals surface area contributed by atoms with Crippen LogP contribution in [0.2, 0.25) is 0 Å². The molecule has 0 N–H and O–H groups in total. The predicted molar refractivity (Wildman–Crippen MR) is 137 cm³/mol. The van der Waals surface area contributed by atoms with E-state index in [9.17, 15) is 4.79 Å². The van der Waals surface area contributed by atoms with Crippen molar-refractivity contribution in [1.82, 2.24) is 4.57 Å². The van der Waals surface area contributed by atoms with Gasteiger partial charge in [-0.25, -0.2) is 0 Å². The highest BCUT2D eigenvalue weighted by atomic mass is 16.5. The first-order chi connectivity index (χ1) is 15.5. The number of hydrogen-bond donors (Lipinski definition) is 0. The van der Waals surface area contributed by atoms with Crippen LogP contribution in [0.15, 0.2) is 48.6 Å². The molecule has 1 heterocycles. The average molecular weight is 444 g/mol. The molecule has 3 atom stereocenters. The van der Waals surface area contributed by atoms with Crippen LogP contribution in [0.5, 0.6) is 0 Å². The zero-order valence-electron chi connectivity index (χ0n) is 20.9. The summed E-state index contributed by atoms with van der Waals surface area (Å²) < 4.78 is 8.14. The van der Waals surface area contributed by atoms with E-state index >= 15 is 0 Å². The fourth-order valence-electron chi connectivity index (χ4n) is 5.67. The Hall–Kier alpha value is -2.55. The van der Waals surface area contributed by atoms with Crippen LogP contribution in [0.1, 0.15) is 65.5 Å². The third-order valence-electron chi connectivity index (χ3n) is 7.74. The van der Waals surface area contributed by atoms with Crippen LogP contribution >= 0.6 is 0 Å². The standard InChI is InChI=1S/C30H37NO2/c1-29(2,3)21-9-11-26-24(17-21)25-18-22(30(4,5)6)10-12-27(25)31(26)13-14-33-28(32)23-16-19-7-8-20(23)15-19/h7-12,17-20,23H,13-16H2,1-6H3. The number of rotatable bonds is 4. The van der Waals surface area contributed by atoms with Gasteiger partial charge >= 0.3 is 5.97 Å². The molecule has 33 heavy (non-hydrogen) atoms. The van der Waals surface area contributed by atoms with Crippen LogP contribution in [0.3, 0.4) is 0 Å². The molecule has 1 aromatic heterocycles. The Morgan fingerprint density at radius 3 is 1.91 bits per heavy atom. The first-order valence-corrected chi connectivity index (χ1v) is 12.4. The molecule has 0 radical (unpaired) electrons. The van der Waals surface area contributed by atoms with Gasteiger partial charge in [0.2, 0.25) is 0 Å². The predicted octanol–water partition coefficient (Wildman–Crippen LogP) is 7.14. The molecule has 5 rings (SSSR count). The van der Waals surface area contributed by atoms with Gasteiger partial charge in [-0.3, -0.25) is 4.79 Å². The van der Waals surface area contributed by atoms with Crippen molar-refractivity contribution in [3.05, 3.63) is 59.7 Å². The van der Waals surface area contributed by atoms with Gasteiger partial charge in [-0.15, -0.1) is 0 Å². The topological polar surface area (TPSA) is 31.2 Å². The molecule has 1 saturated carbocycles. The SMILES string of the molecule is CC(C)(C)c1ccc2c(c1)c1cc(C(C)(C)C)ccc1n2CCOC(=O)C1CC2C=CC1C2. The molecule has 0 amide bonds. The minimum absolute atomic E-state index is 0.0161. The van der Waals surface area contributed by atoms with E-state index in [-0.39, 0.29) is 22.7 Å². The maximum Gasteiger partial charge on any atom is 0.309 e. The second-order valence-corrected chi connectivity index (χ2v) is 12.2. The molecule has 2 aliphatic carbocycles. The lowest BCUT2D eigenvalue weighted by molar-refractivity contribution is -0.149. The van der Waals surface area contributed by atoms with Gasteiger partial charge in [0.1, 0.15) is 6.61 Å². The summed E-state index contributed by atoms with van der Waals surface area (Å²) in [7, 11) is 0. The summed E-state index contributed by atoms with van der Waals surface area (Å²) in [6.45, 7) is 14.7. The van der Waals surface area contributed by atoms with Crippen molar-refractivity contribution in [1.29, 1.82) is 0 Å². The molecule has 3 nitrogen and oxygen atoms in total. The van der Waals surface area contributed by atoms with Gasteiger partial charge in [-0.05, 0) is 70.9 Å². The Kier molecular flexibility index (Phi) is 5.23. The van der Waals surface area contributed by atoms with Crippen molar-refractivity contribution >= 4 is 27.8 Å². The molecular formula is C30H37NO2. The average Bonchev–Trinajstić information content (AvgIpc) is 3.45. The normalized spacial score (nSPS) is 22.5. The number of aromatic nitrogens is 1. The summed E-state index contributed by atoms with van der Waals surface area (Å²) in [6, 6.07) is 13.7. The Morgan fingerprint density at radius 2 is 1.45 bits per heavy atom. The lowest BCUT2D eigenvalue weighted by Crippen LogP contribution is -2.23. The number of allylic oxidation sites excluding steroid dienone is 2. The van der Waals surface area contributed by atoms with E-state index in [1.807, 2.05) is 0 Å². The molecule has 2 bridgehead atoms. The van der Waals surface area contributed by atoms with E-state index in [1.165, 1.54) is 32.9 Å². The lowest BCUT2D eigenvalue weighted by Gasteiger charge is -2.19. The molecule has 174 valence electrons. The molecule has 3 unspecified atom stereocenters. The van der Waals surface area contributed by atoms with Gasteiger partial charge < -0.3 is 9.30 Å². The molecule has 0 spiro atoms. The fraction of sp³-hybridized carbons (Fsp3) is 0.500. The van der Waals surface area contributed by atoms with Gasteiger partial charge in [0, 0.05) is 21.8 Å². The van der Waals surface area contributed by atoms with Gasteiger partial charge in [-0.2, -0.15) is 0 Å². The van der Waals surface area contributed by atoms with Gasteiger partial charge in [0.25, 0.3) is 0 Å². The molecule has 0 aliphatic heterocycles. The molecule has 2 aromatic carbocycles. The van der Waals surface area contributed by atoms with Crippen molar-refractivity contribution < 1.29 is 9.53 Å². The number of carbonyl (C=O) groups is 1. The van der Waals surface area contributed by atoms with Gasteiger partial charge in [-0.1, -0.05) is 65.8 Å². The van der Waals surface area contributed by atoms with Crippen molar-refractivity contribution in [2.75, 3.05) is 6.61 Å². The summed E-state index contributed by atoms with van der Waals surface area (Å²) in [6.07, 6.45) is 6.57. The maximum absolute atomic E-state index is 12.7. The Bertz CT molecular complexity index is 1180. The number of hydrogen-bond acceptors (Lipinski definition) is 2. The quantitative estimate of drug-likeness (QED) is 0.317. The molecular weight excluding hydrogens is 406 g/mol. The second-order valence-electron chi connectivity index (χ2n) is 12.2. The van der Waals surface area contributed by atoms with E-state index in [2.05, 4.69) is 94.7 Å². The third kappa shape index (κ3) is 4.00. The highest BCUT2D eigenvalue weighted by Crippen LogP contribution is 2.44. The van der Waals surface area contributed by atoms with Gasteiger partial charge in [0.05, 0.1) is 12.5 Å². The largest absolute Gasteiger partial charge is 0.464 e. The minimum atomic E-state index is -0.0161. The fourth-order valence-corrected chi connectivity index (χ4v) is 5.67. The zero-order valence-corrected chi connectivity index (χ0v) is 20.9. The third-order valence-corrected chi connectivity index (χ3v) is 7.74. The summed E-state index contributed by atoms with van der Waals surface area (Å²) in [5.41, 5.74) is 5.28. The molecule has 1 fully saturated rings. The van der Waals surface area contributed by atoms with Crippen LogP contribution in [0.25, 0.3) is 21.8 Å². The lowest BCUT2D eigenvalue weighted by atomic mass is 9.85. The van der Waals surface area contributed by atoms with E-state index in [1.54, 1.807) is 0 Å². The van der Waals surface area contributed by atoms with Crippen molar-refractivity contribution in [2.24, 2.45) is 17.8 Å². The molecule has 2 aliphatic rings. The Morgan fingerprint density at radius 1 is 0.879 bits per heavy atom. The summed E-state index contributed by atoms with van der Waals surface area (Å²) >= 11 is 0. The number of esters is 1. The van der Waals surface area contributed by atoms with E-state index in [4.69, 9.17) is 4.74 Å². The molecule has 0 saturated heterocycles. The summed E-state index contributed by atoms with van der Waals surface area (Å²) in [5.74, 6) is 1.01. The Balaban J connectivity index is 1.47. The van der Waals surface area contributed by atoms with Crippen LogP contribution in [0, 0.1) is 17.8 Å².